The second-order valence-electron chi connectivity index (χ2n) is 7.08. The average Bonchev–Trinajstić information content (AvgIpc) is 3.20. The van der Waals surface area contributed by atoms with Crippen LogP contribution in [0.1, 0.15) is 24.0 Å². The third-order valence-corrected chi connectivity index (χ3v) is 6.19. The minimum absolute atomic E-state index is 0.0544. The minimum atomic E-state index is -0.114. The van der Waals surface area contributed by atoms with Gasteiger partial charge in [0.15, 0.2) is 0 Å². The highest BCUT2D eigenvalue weighted by Crippen LogP contribution is 2.17. The van der Waals surface area contributed by atoms with Crippen LogP contribution in [0.4, 0.5) is 5.69 Å². The Bertz CT molecular complexity index is 840. The second-order valence-corrected chi connectivity index (χ2v) is 8.98. The van der Waals surface area contributed by atoms with E-state index in [9.17, 15) is 9.59 Å². The molecule has 0 saturated carbocycles. The van der Waals surface area contributed by atoms with Gasteiger partial charge in [-0.3, -0.25) is 14.5 Å². The number of nitrogens with zero attached hydrogens (tertiary/aromatic N) is 1. The molecule has 2 aromatic rings. The number of benzene rings is 2. The highest BCUT2D eigenvalue weighted by atomic mass is 79.9. The first-order valence-corrected chi connectivity index (χ1v) is 11.7. The number of amides is 2. The Kier molecular flexibility index (Phi) is 8.58. The topological polar surface area (TPSA) is 61.4 Å². The molecule has 0 spiro atoms. The summed E-state index contributed by atoms with van der Waals surface area (Å²) in [6.07, 6.45) is 2.54. The molecule has 3 rings (SSSR count). The summed E-state index contributed by atoms with van der Waals surface area (Å²) in [5, 5.41) is 5.81. The Morgan fingerprint density at radius 2 is 1.69 bits per heavy atom. The maximum Gasteiger partial charge on any atom is 0.234 e. The molecule has 154 valence electrons. The zero-order valence-corrected chi connectivity index (χ0v) is 18.7. The second kappa shape index (κ2) is 11.4. The lowest BCUT2D eigenvalue weighted by atomic mass is 10.1. The van der Waals surface area contributed by atoms with Crippen molar-refractivity contribution in [1.82, 2.24) is 10.2 Å². The van der Waals surface area contributed by atoms with Crippen molar-refractivity contribution in [3.8, 4) is 0 Å². The van der Waals surface area contributed by atoms with E-state index in [0.717, 1.165) is 35.4 Å². The van der Waals surface area contributed by atoms with E-state index in [-0.39, 0.29) is 23.3 Å². The fourth-order valence-electron chi connectivity index (χ4n) is 3.31. The summed E-state index contributed by atoms with van der Waals surface area (Å²) in [6, 6.07) is 15.7. The molecule has 1 saturated heterocycles. The first-order valence-electron chi connectivity index (χ1n) is 9.79. The Morgan fingerprint density at radius 1 is 0.966 bits per heavy atom. The van der Waals surface area contributed by atoms with Gasteiger partial charge in [0.05, 0.1) is 11.5 Å². The first kappa shape index (κ1) is 21.9. The molecule has 0 atom stereocenters. The van der Waals surface area contributed by atoms with Gasteiger partial charge in [0.2, 0.25) is 11.8 Å². The highest BCUT2D eigenvalue weighted by Gasteiger charge is 2.14. The van der Waals surface area contributed by atoms with E-state index in [1.165, 1.54) is 30.2 Å². The standard InChI is InChI=1S/C22H26BrN3O2S/c23-19-8-5-9-20(12-19)25-22(28)16-29-15-21(27)24-13-17-6-1-2-7-18(17)14-26-10-3-4-11-26/h1-2,5-9,12H,3-4,10-11,13-16H2,(H,24,27)(H,25,28). The van der Waals surface area contributed by atoms with E-state index in [2.05, 4.69) is 49.7 Å². The first-order chi connectivity index (χ1) is 14.1. The number of nitrogens with one attached hydrogen (secondary N) is 2. The summed E-state index contributed by atoms with van der Waals surface area (Å²) in [5.74, 6) is 0.337. The normalized spacial score (nSPS) is 14.0. The molecule has 1 aliphatic rings. The van der Waals surface area contributed by atoms with E-state index < -0.39 is 0 Å². The molecule has 2 aromatic carbocycles. The minimum Gasteiger partial charge on any atom is -0.351 e. The van der Waals surface area contributed by atoms with E-state index in [0.29, 0.717) is 6.54 Å². The molecular formula is C22H26BrN3O2S. The molecule has 0 unspecified atom stereocenters. The van der Waals surface area contributed by atoms with Crippen molar-refractivity contribution in [3.05, 3.63) is 64.1 Å². The lowest BCUT2D eigenvalue weighted by molar-refractivity contribution is -0.118. The van der Waals surface area contributed by atoms with Crippen molar-refractivity contribution >= 4 is 45.2 Å². The van der Waals surface area contributed by atoms with Crippen molar-refractivity contribution in [2.24, 2.45) is 0 Å². The maximum atomic E-state index is 12.2. The number of hydrogen-bond donors (Lipinski definition) is 2. The van der Waals surface area contributed by atoms with Gasteiger partial charge in [-0.2, -0.15) is 0 Å². The highest BCUT2D eigenvalue weighted by molar-refractivity contribution is 9.10. The van der Waals surface area contributed by atoms with Gasteiger partial charge in [-0.25, -0.2) is 0 Å². The Balaban J connectivity index is 1.38. The molecule has 0 aromatic heterocycles. The number of halogens is 1. The molecule has 0 aliphatic carbocycles. The lowest BCUT2D eigenvalue weighted by Crippen LogP contribution is -2.27. The van der Waals surface area contributed by atoms with Gasteiger partial charge in [0.25, 0.3) is 0 Å². The summed E-state index contributed by atoms with van der Waals surface area (Å²) in [4.78, 5) is 26.6. The number of rotatable bonds is 9. The van der Waals surface area contributed by atoms with Crippen molar-refractivity contribution in [2.45, 2.75) is 25.9 Å². The predicted octanol–water partition coefficient (Wildman–Crippen LogP) is 4.03. The molecule has 1 heterocycles. The van der Waals surface area contributed by atoms with Crippen molar-refractivity contribution < 1.29 is 9.59 Å². The van der Waals surface area contributed by atoms with Crippen molar-refractivity contribution in [1.29, 1.82) is 0 Å². The molecule has 5 nitrogen and oxygen atoms in total. The van der Waals surface area contributed by atoms with Crippen LogP contribution >= 0.6 is 27.7 Å². The number of thioether (sulfide) groups is 1. The quantitative estimate of drug-likeness (QED) is 0.574. The van der Waals surface area contributed by atoms with Crippen molar-refractivity contribution in [2.75, 3.05) is 29.9 Å². The smallest absolute Gasteiger partial charge is 0.234 e. The molecule has 0 radical (unpaired) electrons. The number of carbonyl (C=O) groups excluding carboxylic acids is 2. The molecule has 1 fully saturated rings. The Hall–Kier alpha value is -1.83. The Morgan fingerprint density at radius 3 is 2.45 bits per heavy atom. The van der Waals surface area contributed by atoms with Gasteiger partial charge >= 0.3 is 0 Å². The number of carbonyl (C=O) groups is 2. The number of hydrogen-bond acceptors (Lipinski definition) is 4. The van der Waals surface area contributed by atoms with E-state index in [1.54, 1.807) is 0 Å². The van der Waals surface area contributed by atoms with Gasteiger partial charge in [-0.05, 0) is 55.3 Å². The molecular weight excluding hydrogens is 450 g/mol. The van der Waals surface area contributed by atoms with Gasteiger partial charge in [-0.1, -0.05) is 46.3 Å². The summed E-state index contributed by atoms with van der Waals surface area (Å²) in [5.41, 5.74) is 3.17. The molecule has 0 bridgehead atoms. The van der Waals surface area contributed by atoms with Crippen LogP contribution in [0.3, 0.4) is 0 Å². The summed E-state index contributed by atoms with van der Waals surface area (Å²) in [7, 11) is 0. The zero-order chi connectivity index (χ0) is 20.5. The fourth-order valence-corrected chi connectivity index (χ4v) is 4.36. The van der Waals surface area contributed by atoms with E-state index >= 15 is 0 Å². The van der Waals surface area contributed by atoms with Crippen LogP contribution in [-0.2, 0) is 22.7 Å². The van der Waals surface area contributed by atoms with Gasteiger partial charge in [0.1, 0.15) is 0 Å². The SMILES string of the molecule is O=C(CSCC(=O)Nc1cccc(Br)c1)NCc1ccccc1CN1CCCC1. The van der Waals surface area contributed by atoms with Crippen LogP contribution in [0, 0.1) is 0 Å². The Labute approximate surface area is 184 Å². The summed E-state index contributed by atoms with van der Waals surface area (Å²) in [6.45, 7) is 3.77. The zero-order valence-electron chi connectivity index (χ0n) is 16.3. The maximum absolute atomic E-state index is 12.2. The van der Waals surface area contributed by atoms with Gasteiger partial charge < -0.3 is 10.6 Å². The van der Waals surface area contributed by atoms with Crippen LogP contribution in [0.5, 0.6) is 0 Å². The molecule has 2 amide bonds. The predicted molar refractivity (Wildman–Crippen MR) is 123 cm³/mol. The fraction of sp³-hybridized carbons (Fsp3) is 0.364. The number of likely N-dealkylation sites (tertiary alicyclic amines) is 1. The van der Waals surface area contributed by atoms with Crippen LogP contribution in [0.15, 0.2) is 53.0 Å². The van der Waals surface area contributed by atoms with Crippen LogP contribution in [-0.4, -0.2) is 41.3 Å². The monoisotopic (exact) mass is 475 g/mol. The number of anilines is 1. The van der Waals surface area contributed by atoms with E-state index in [1.807, 2.05) is 30.3 Å². The van der Waals surface area contributed by atoms with Crippen molar-refractivity contribution in [3.63, 3.8) is 0 Å². The largest absolute Gasteiger partial charge is 0.351 e. The third kappa shape index (κ3) is 7.49. The lowest BCUT2D eigenvalue weighted by Gasteiger charge is -2.17. The molecule has 1 aliphatic heterocycles. The summed E-state index contributed by atoms with van der Waals surface area (Å²) < 4.78 is 0.910. The van der Waals surface area contributed by atoms with Gasteiger partial charge in [-0.15, -0.1) is 11.8 Å². The average molecular weight is 476 g/mol. The molecule has 2 N–H and O–H groups in total. The molecule has 7 heteroatoms. The third-order valence-electron chi connectivity index (χ3n) is 4.76. The van der Waals surface area contributed by atoms with E-state index in [4.69, 9.17) is 0 Å². The summed E-state index contributed by atoms with van der Waals surface area (Å²) >= 11 is 4.69. The van der Waals surface area contributed by atoms with Gasteiger partial charge in [0, 0.05) is 23.2 Å². The van der Waals surface area contributed by atoms with Crippen LogP contribution in [0.2, 0.25) is 0 Å². The molecule has 29 heavy (non-hydrogen) atoms. The van der Waals surface area contributed by atoms with Crippen LogP contribution in [0.25, 0.3) is 0 Å². The van der Waals surface area contributed by atoms with Crippen LogP contribution < -0.4 is 10.6 Å².